The lowest BCUT2D eigenvalue weighted by atomic mass is 10.0. The van der Waals surface area contributed by atoms with Gasteiger partial charge >= 0.3 is 0 Å². The summed E-state index contributed by atoms with van der Waals surface area (Å²) in [5, 5.41) is 11.4. The molecule has 0 aliphatic heterocycles. The van der Waals surface area contributed by atoms with Crippen LogP contribution in [0.1, 0.15) is 30.9 Å². The van der Waals surface area contributed by atoms with Gasteiger partial charge in [-0.3, -0.25) is 0 Å². The number of nitrogen functional groups attached to an aromatic ring is 1. The number of rotatable bonds is 4. The minimum Gasteiger partial charge on any atom is -0.335 e. The van der Waals surface area contributed by atoms with Gasteiger partial charge in [0.15, 0.2) is 0 Å². The molecule has 0 atom stereocenters. The third-order valence-electron chi connectivity index (χ3n) is 2.55. The predicted octanol–water partition coefficient (Wildman–Crippen LogP) is 2.40. The molecule has 1 aromatic heterocycles. The Labute approximate surface area is 130 Å². The lowest BCUT2D eigenvalue weighted by molar-refractivity contribution is 0.866. The Morgan fingerprint density at radius 2 is 1.90 bits per heavy atom. The van der Waals surface area contributed by atoms with Gasteiger partial charge in [0.25, 0.3) is 5.95 Å². The van der Waals surface area contributed by atoms with Gasteiger partial charge in [0, 0.05) is 0 Å². The summed E-state index contributed by atoms with van der Waals surface area (Å²) in [6.07, 6.45) is 3.11. The molecule has 0 saturated carbocycles. The molecule has 0 amide bonds. The molecule has 110 valence electrons. The van der Waals surface area contributed by atoms with Crippen LogP contribution in [0.5, 0.6) is 0 Å². The van der Waals surface area contributed by atoms with Gasteiger partial charge < -0.3 is 5.84 Å². The maximum atomic E-state index is 5.53. The van der Waals surface area contributed by atoms with Crippen molar-refractivity contribution in [3.05, 3.63) is 41.7 Å². The molecule has 0 aliphatic rings. The molecule has 0 radical (unpaired) electrons. The summed E-state index contributed by atoms with van der Waals surface area (Å²) < 4.78 is 1.26. The molecule has 2 rings (SSSR count). The number of nitrogens with zero attached hydrogens (tertiary/aromatic N) is 4. The van der Waals surface area contributed by atoms with E-state index in [1.807, 2.05) is 12.1 Å². The SMILES string of the molecule is CC(C)c1ccc(/C=N/Nc2nncn2N)cc1.Cl.Cl. The monoisotopic (exact) mass is 316 g/mol. The maximum absolute atomic E-state index is 5.53. The highest BCUT2D eigenvalue weighted by Gasteiger charge is 1.98. The summed E-state index contributed by atoms with van der Waals surface area (Å²) in [7, 11) is 0. The van der Waals surface area contributed by atoms with E-state index in [4.69, 9.17) is 5.84 Å². The molecule has 1 heterocycles. The second-order valence-corrected chi connectivity index (χ2v) is 4.25. The van der Waals surface area contributed by atoms with E-state index in [1.165, 1.54) is 16.6 Å². The zero-order chi connectivity index (χ0) is 13.0. The molecular formula is C12H18Cl2N6. The van der Waals surface area contributed by atoms with E-state index in [0.717, 1.165) is 5.56 Å². The summed E-state index contributed by atoms with van der Waals surface area (Å²) in [5.41, 5.74) is 5.03. The van der Waals surface area contributed by atoms with E-state index in [2.05, 4.69) is 46.7 Å². The van der Waals surface area contributed by atoms with Gasteiger partial charge in [-0.15, -0.1) is 35.0 Å². The van der Waals surface area contributed by atoms with Crippen LogP contribution in [0.15, 0.2) is 35.7 Å². The van der Waals surface area contributed by atoms with Crippen molar-refractivity contribution in [2.45, 2.75) is 19.8 Å². The van der Waals surface area contributed by atoms with Crippen molar-refractivity contribution in [2.75, 3.05) is 11.3 Å². The average molecular weight is 317 g/mol. The zero-order valence-corrected chi connectivity index (χ0v) is 12.9. The van der Waals surface area contributed by atoms with E-state index in [-0.39, 0.29) is 24.8 Å². The van der Waals surface area contributed by atoms with Crippen LogP contribution in [0.3, 0.4) is 0 Å². The van der Waals surface area contributed by atoms with Crippen molar-refractivity contribution < 1.29 is 0 Å². The van der Waals surface area contributed by atoms with Gasteiger partial charge in [0.2, 0.25) is 0 Å². The molecule has 0 spiro atoms. The van der Waals surface area contributed by atoms with Crippen molar-refractivity contribution in [2.24, 2.45) is 5.10 Å². The molecular weight excluding hydrogens is 299 g/mol. The minimum atomic E-state index is 0. The molecule has 3 N–H and O–H groups in total. The van der Waals surface area contributed by atoms with Gasteiger partial charge in [0.05, 0.1) is 6.21 Å². The van der Waals surface area contributed by atoms with Crippen LogP contribution in [0.4, 0.5) is 5.95 Å². The Morgan fingerprint density at radius 1 is 1.25 bits per heavy atom. The summed E-state index contributed by atoms with van der Waals surface area (Å²) >= 11 is 0. The fourth-order valence-electron chi connectivity index (χ4n) is 1.45. The van der Waals surface area contributed by atoms with Gasteiger partial charge in [-0.2, -0.15) is 5.10 Å². The smallest absolute Gasteiger partial charge is 0.263 e. The fourth-order valence-corrected chi connectivity index (χ4v) is 1.45. The summed E-state index contributed by atoms with van der Waals surface area (Å²) in [6, 6.07) is 8.23. The first-order valence-electron chi connectivity index (χ1n) is 5.71. The number of nitrogens with two attached hydrogens (primary N) is 1. The van der Waals surface area contributed by atoms with Gasteiger partial charge in [-0.25, -0.2) is 10.1 Å². The first-order chi connectivity index (χ1) is 8.66. The lowest BCUT2D eigenvalue weighted by Gasteiger charge is -2.04. The third-order valence-corrected chi connectivity index (χ3v) is 2.55. The number of nitrogens with one attached hydrogen (secondary N) is 1. The fraction of sp³-hybridized carbons (Fsp3) is 0.250. The topological polar surface area (TPSA) is 81.1 Å². The molecule has 6 nitrogen and oxygen atoms in total. The Bertz CT molecular complexity index is 535. The highest BCUT2D eigenvalue weighted by Crippen LogP contribution is 2.13. The molecule has 0 bridgehead atoms. The van der Waals surface area contributed by atoms with Crippen molar-refractivity contribution in [1.29, 1.82) is 0 Å². The lowest BCUT2D eigenvalue weighted by Crippen LogP contribution is -2.10. The molecule has 20 heavy (non-hydrogen) atoms. The van der Waals surface area contributed by atoms with E-state index in [0.29, 0.717) is 11.9 Å². The second-order valence-electron chi connectivity index (χ2n) is 4.25. The summed E-state index contributed by atoms with van der Waals surface area (Å²) in [5.74, 6) is 6.45. The highest BCUT2D eigenvalue weighted by atomic mass is 35.5. The van der Waals surface area contributed by atoms with E-state index < -0.39 is 0 Å². The number of aromatic nitrogens is 3. The third kappa shape index (κ3) is 4.71. The molecule has 2 aromatic rings. The normalized spacial score (nSPS) is 10.2. The first kappa shape index (κ1) is 18.2. The minimum absolute atomic E-state index is 0. The van der Waals surface area contributed by atoms with E-state index in [1.54, 1.807) is 6.21 Å². The van der Waals surface area contributed by atoms with Crippen LogP contribution in [0.25, 0.3) is 0 Å². The van der Waals surface area contributed by atoms with Crippen molar-refractivity contribution in [3.8, 4) is 0 Å². The van der Waals surface area contributed by atoms with Crippen LogP contribution in [-0.4, -0.2) is 21.1 Å². The van der Waals surface area contributed by atoms with E-state index >= 15 is 0 Å². The second kappa shape index (κ2) is 8.39. The number of halogens is 2. The van der Waals surface area contributed by atoms with Gasteiger partial charge in [-0.05, 0) is 17.0 Å². The van der Waals surface area contributed by atoms with Crippen LogP contribution in [-0.2, 0) is 0 Å². The van der Waals surface area contributed by atoms with Crippen molar-refractivity contribution in [1.82, 2.24) is 14.9 Å². The van der Waals surface area contributed by atoms with Crippen LogP contribution in [0, 0.1) is 0 Å². The van der Waals surface area contributed by atoms with Crippen molar-refractivity contribution >= 4 is 37.0 Å². The predicted molar refractivity (Wildman–Crippen MR) is 86.4 cm³/mol. The molecule has 0 unspecified atom stereocenters. The zero-order valence-electron chi connectivity index (χ0n) is 11.2. The van der Waals surface area contributed by atoms with Crippen molar-refractivity contribution in [3.63, 3.8) is 0 Å². The molecule has 0 saturated heterocycles. The Morgan fingerprint density at radius 3 is 2.40 bits per heavy atom. The van der Waals surface area contributed by atoms with E-state index in [9.17, 15) is 0 Å². The average Bonchev–Trinajstić information content (AvgIpc) is 2.76. The number of benzene rings is 1. The standard InChI is InChI=1S/C12H16N6.2ClH/c1-9(2)11-5-3-10(4-6-11)7-14-16-12-17-15-8-18(12)13;;/h3-9H,13H2,1-2H3,(H,16,17);2*1H/b14-7+;;. The molecule has 0 aliphatic carbocycles. The quantitative estimate of drug-likeness (QED) is 0.515. The number of hydrazone groups is 1. The molecule has 1 aromatic carbocycles. The first-order valence-corrected chi connectivity index (χ1v) is 5.71. The van der Waals surface area contributed by atoms with Gasteiger partial charge in [-0.1, -0.05) is 38.1 Å². The maximum Gasteiger partial charge on any atom is 0.263 e. The molecule has 0 fully saturated rings. The van der Waals surface area contributed by atoms with Crippen LogP contribution in [0.2, 0.25) is 0 Å². The Hall–Kier alpha value is -1.79. The van der Waals surface area contributed by atoms with Crippen LogP contribution < -0.4 is 11.3 Å². The van der Waals surface area contributed by atoms with Gasteiger partial charge in [0.1, 0.15) is 6.33 Å². The Balaban J connectivity index is 0.00000180. The summed E-state index contributed by atoms with van der Waals surface area (Å²) in [4.78, 5) is 0. The molecule has 8 heteroatoms. The number of anilines is 1. The summed E-state index contributed by atoms with van der Waals surface area (Å²) in [6.45, 7) is 4.33. The van der Waals surface area contributed by atoms with Crippen LogP contribution >= 0.6 is 24.8 Å². The Kier molecular flexibility index (Phi) is 7.64. The largest absolute Gasteiger partial charge is 0.335 e. The highest BCUT2D eigenvalue weighted by molar-refractivity contribution is 5.85. The number of hydrogen-bond acceptors (Lipinski definition) is 5. The number of hydrogen-bond donors (Lipinski definition) is 2.